The van der Waals surface area contributed by atoms with E-state index in [4.69, 9.17) is 0 Å². The molecule has 0 amide bonds. The predicted octanol–water partition coefficient (Wildman–Crippen LogP) is 2.62. The highest BCUT2D eigenvalue weighted by Crippen LogP contribution is 2.19. The maximum atomic E-state index is 3.82. The van der Waals surface area contributed by atoms with E-state index in [1.165, 1.54) is 5.56 Å². The molecule has 92 valence electrons. The monoisotopic (exact) mass is 230 g/mol. The highest BCUT2D eigenvalue weighted by molar-refractivity contribution is 5.20. The summed E-state index contributed by atoms with van der Waals surface area (Å²) in [5.74, 6) is 0. The molecule has 0 aliphatic carbocycles. The lowest BCUT2D eigenvalue weighted by Crippen LogP contribution is -2.35. The molecule has 1 N–H and O–H groups in total. The lowest BCUT2D eigenvalue weighted by Gasteiger charge is -2.30. The van der Waals surface area contributed by atoms with Crippen molar-refractivity contribution >= 4 is 0 Å². The summed E-state index contributed by atoms with van der Waals surface area (Å²) in [6.07, 6.45) is 3.88. The largest absolute Gasteiger partial charge is 0.318 e. The summed E-state index contributed by atoms with van der Waals surface area (Å²) in [4.78, 5) is 2.35. The predicted molar refractivity (Wildman–Crippen MR) is 75.1 cm³/mol. The van der Waals surface area contributed by atoms with E-state index in [0.717, 1.165) is 19.6 Å². The van der Waals surface area contributed by atoms with E-state index in [1.54, 1.807) is 0 Å². The molecule has 1 atom stereocenters. The Morgan fingerprint density at radius 1 is 1.18 bits per heavy atom. The third-order valence-electron chi connectivity index (χ3n) is 2.75. The summed E-state index contributed by atoms with van der Waals surface area (Å²) >= 11 is 0. The van der Waals surface area contributed by atoms with Crippen LogP contribution in [-0.4, -0.2) is 31.6 Å². The molecule has 2 heteroatoms. The zero-order valence-corrected chi connectivity index (χ0v) is 10.6. The van der Waals surface area contributed by atoms with Crippen molar-refractivity contribution < 1.29 is 0 Å². The van der Waals surface area contributed by atoms with Gasteiger partial charge in [0.05, 0.1) is 0 Å². The molecule has 0 fully saturated rings. The maximum absolute atomic E-state index is 3.82. The minimum atomic E-state index is 0.359. The number of nitrogens with one attached hydrogen (secondary N) is 1. The van der Waals surface area contributed by atoms with Gasteiger partial charge in [-0.15, -0.1) is 13.2 Å². The SMILES string of the molecule is C=CCN(CC=C)C(CNC)c1ccccc1. The van der Waals surface area contributed by atoms with Gasteiger partial charge in [-0.1, -0.05) is 42.5 Å². The van der Waals surface area contributed by atoms with E-state index >= 15 is 0 Å². The van der Waals surface area contributed by atoms with Crippen molar-refractivity contribution in [3.63, 3.8) is 0 Å². The number of hydrogen-bond acceptors (Lipinski definition) is 2. The first-order valence-electron chi connectivity index (χ1n) is 5.98. The molecule has 0 aliphatic heterocycles. The van der Waals surface area contributed by atoms with E-state index < -0.39 is 0 Å². The van der Waals surface area contributed by atoms with Gasteiger partial charge in [0.2, 0.25) is 0 Å². The fraction of sp³-hybridized carbons (Fsp3) is 0.333. The van der Waals surface area contributed by atoms with E-state index in [1.807, 2.05) is 25.3 Å². The summed E-state index contributed by atoms with van der Waals surface area (Å²) in [6.45, 7) is 10.3. The standard InChI is InChI=1S/C15H22N2/c1-4-11-17(12-5-2)15(13-16-3)14-9-7-6-8-10-14/h4-10,15-16H,1-2,11-13H2,3H3. The van der Waals surface area contributed by atoms with Gasteiger partial charge in [-0.25, -0.2) is 0 Å². The summed E-state index contributed by atoms with van der Waals surface area (Å²) in [7, 11) is 1.98. The number of rotatable bonds is 8. The van der Waals surface area contributed by atoms with Crippen molar-refractivity contribution in [1.82, 2.24) is 10.2 Å². The molecule has 0 radical (unpaired) electrons. The molecule has 0 aliphatic rings. The Labute approximate surface area is 105 Å². The molecule has 1 unspecified atom stereocenters. The number of likely N-dealkylation sites (N-methyl/N-ethyl adjacent to an activating group) is 1. The normalized spacial score (nSPS) is 12.4. The van der Waals surface area contributed by atoms with Crippen LogP contribution in [-0.2, 0) is 0 Å². The molecule has 1 aromatic carbocycles. The van der Waals surface area contributed by atoms with Crippen molar-refractivity contribution in [3.8, 4) is 0 Å². The van der Waals surface area contributed by atoms with Gasteiger partial charge < -0.3 is 5.32 Å². The molecular formula is C15H22N2. The van der Waals surface area contributed by atoms with Crippen molar-refractivity contribution in [3.05, 3.63) is 61.2 Å². The first-order valence-corrected chi connectivity index (χ1v) is 5.98. The van der Waals surface area contributed by atoms with Crippen LogP contribution in [0.25, 0.3) is 0 Å². The average molecular weight is 230 g/mol. The van der Waals surface area contributed by atoms with Crippen LogP contribution in [0.5, 0.6) is 0 Å². The molecule has 0 bridgehead atoms. The summed E-state index contributed by atoms with van der Waals surface area (Å²) < 4.78 is 0. The molecule has 0 saturated heterocycles. The molecule has 1 rings (SSSR count). The Morgan fingerprint density at radius 2 is 1.76 bits per heavy atom. The van der Waals surface area contributed by atoms with Crippen molar-refractivity contribution in [2.75, 3.05) is 26.7 Å². The van der Waals surface area contributed by atoms with Crippen LogP contribution < -0.4 is 5.32 Å². The minimum absolute atomic E-state index is 0.359. The summed E-state index contributed by atoms with van der Waals surface area (Å²) in [6, 6.07) is 10.9. The highest BCUT2D eigenvalue weighted by atomic mass is 15.2. The third-order valence-corrected chi connectivity index (χ3v) is 2.75. The zero-order valence-electron chi connectivity index (χ0n) is 10.6. The van der Waals surface area contributed by atoms with Gasteiger partial charge >= 0.3 is 0 Å². The molecule has 0 heterocycles. The molecule has 17 heavy (non-hydrogen) atoms. The van der Waals surface area contributed by atoms with Crippen LogP contribution in [0.15, 0.2) is 55.6 Å². The first kappa shape index (κ1) is 13.7. The second-order valence-electron chi connectivity index (χ2n) is 4.02. The van der Waals surface area contributed by atoms with E-state index in [-0.39, 0.29) is 0 Å². The van der Waals surface area contributed by atoms with E-state index in [9.17, 15) is 0 Å². The number of hydrogen-bond donors (Lipinski definition) is 1. The molecule has 0 spiro atoms. The van der Waals surface area contributed by atoms with Crippen LogP contribution in [0.4, 0.5) is 0 Å². The van der Waals surface area contributed by atoms with Gasteiger partial charge in [0, 0.05) is 25.7 Å². The van der Waals surface area contributed by atoms with Crippen molar-refractivity contribution in [2.45, 2.75) is 6.04 Å². The van der Waals surface area contributed by atoms with Crippen LogP contribution in [0.1, 0.15) is 11.6 Å². The Bertz CT molecular complexity index is 322. The van der Waals surface area contributed by atoms with Gasteiger partial charge in [0.1, 0.15) is 0 Å². The lowest BCUT2D eigenvalue weighted by atomic mass is 10.1. The van der Waals surface area contributed by atoms with Gasteiger partial charge in [-0.2, -0.15) is 0 Å². The van der Waals surface area contributed by atoms with Crippen LogP contribution in [0.2, 0.25) is 0 Å². The second kappa shape index (κ2) is 7.82. The molecule has 0 aromatic heterocycles. The summed E-state index contributed by atoms with van der Waals surface area (Å²) in [5.41, 5.74) is 1.32. The van der Waals surface area contributed by atoms with Crippen LogP contribution in [0, 0.1) is 0 Å². The smallest absolute Gasteiger partial charge is 0.0479 e. The Morgan fingerprint density at radius 3 is 2.24 bits per heavy atom. The third kappa shape index (κ3) is 4.17. The number of nitrogens with zero attached hydrogens (tertiary/aromatic N) is 1. The van der Waals surface area contributed by atoms with Crippen molar-refractivity contribution in [2.24, 2.45) is 0 Å². The Hall–Kier alpha value is -1.38. The second-order valence-corrected chi connectivity index (χ2v) is 4.02. The Balaban J connectivity index is 2.88. The quantitative estimate of drug-likeness (QED) is 0.691. The van der Waals surface area contributed by atoms with E-state index in [2.05, 4.69) is 47.6 Å². The average Bonchev–Trinajstić information content (AvgIpc) is 2.37. The van der Waals surface area contributed by atoms with Crippen molar-refractivity contribution in [1.29, 1.82) is 0 Å². The molecule has 1 aromatic rings. The summed E-state index contributed by atoms with van der Waals surface area (Å²) in [5, 5.41) is 3.25. The first-order chi connectivity index (χ1) is 8.33. The van der Waals surface area contributed by atoms with Gasteiger partial charge in [0.15, 0.2) is 0 Å². The molecule has 0 saturated carbocycles. The van der Waals surface area contributed by atoms with Gasteiger partial charge in [-0.3, -0.25) is 4.90 Å². The number of benzene rings is 1. The topological polar surface area (TPSA) is 15.3 Å². The lowest BCUT2D eigenvalue weighted by molar-refractivity contribution is 0.239. The van der Waals surface area contributed by atoms with Crippen LogP contribution >= 0.6 is 0 Å². The van der Waals surface area contributed by atoms with Gasteiger partial charge in [-0.05, 0) is 12.6 Å². The fourth-order valence-electron chi connectivity index (χ4n) is 1.99. The zero-order chi connectivity index (χ0) is 12.5. The fourth-order valence-corrected chi connectivity index (χ4v) is 1.99. The minimum Gasteiger partial charge on any atom is -0.318 e. The molecule has 2 nitrogen and oxygen atoms in total. The highest BCUT2D eigenvalue weighted by Gasteiger charge is 2.17. The van der Waals surface area contributed by atoms with Crippen LogP contribution in [0.3, 0.4) is 0 Å². The Kier molecular flexibility index (Phi) is 6.30. The maximum Gasteiger partial charge on any atom is 0.0479 e. The van der Waals surface area contributed by atoms with Gasteiger partial charge in [0.25, 0.3) is 0 Å². The van der Waals surface area contributed by atoms with E-state index in [0.29, 0.717) is 6.04 Å². The molecular weight excluding hydrogens is 208 g/mol.